The van der Waals surface area contributed by atoms with Crippen LogP contribution in [0.2, 0.25) is 0 Å². The number of carbonyl (C=O) groups is 1. The Hall–Kier alpha value is -2.57. The largest absolute Gasteiger partial charge is 0.492 e. The van der Waals surface area contributed by atoms with E-state index in [1.54, 1.807) is 0 Å². The molecule has 2 aromatic carbocycles. The Kier molecular flexibility index (Phi) is 6.69. The Balaban J connectivity index is 1.70. The number of aryl methyl sites for hydroxylation is 1. The van der Waals surface area contributed by atoms with E-state index < -0.39 is 24.4 Å². The molecule has 0 aliphatic carbocycles. The van der Waals surface area contributed by atoms with E-state index in [4.69, 9.17) is 14.0 Å². The zero-order chi connectivity index (χ0) is 21.8. The highest BCUT2D eigenvalue weighted by atomic mass is 16.7. The first-order valence-corrected chi connectivity index (χ1v) is 10.2. The van der Waals surface area contributed by atoms with E-state index in [-0.39, 0.29) is 13.2 Å². The number of benzene rings is 2. The summed E-state index contributed by atoms with van der Waals surface area (Å²) >= 11 is 0. The molecule has 1 aliphatic heterocycles. The molecule has 1 saturated heterocycles. The molecular weight excluding hydrogens is 377 g/mol. The minimum atomic E-state index is -0.550. The van der Waals surface area contributed by atoms with Crippen LogP contribution in [-0.2, 0) is 20.7 Å². The minimum absolute atomic E-state index is 0.222. The lowest BCUT2D eigenvalue weighted by Crippen LogP contribution is -2.41. The fraction of sp³-hybridized carbons (Fsp3) is 0.375. The second-order valence-electron chi connectivity index (χ2n) is 8.63. The number of hydrogen-bond acceptors (Lipinski definition) is 4. The van der Waals surface area contributed by atoms with E-state index >= 15 is 0 Å². The predicted octanol–water partition coefficient (Wildman–Crippen LogP) is 4.94. The van der Waals surface area contributed by atoms with Crippen LogP contribution in [0.5, 0.6) is 0 Å². The molecule has 1 amide bonds. The quantitative estimate of drug-likeness (QED) is 0.690. The molecule has 0 radical (unpaired) electrons. The Morgan fingerprint density at radius 2 is 1.60 bits per heavy atom. The fourth-order valence-electron chi connectivity index (χ4n) is 3.02. The predicted molar refractivity (Wildman–Crippen MR) is 120 cm³/mol. The van der Waals surface area contributed by atoms with E-state index in [0.717, 1.165) is 16.6 Å². The Morgan fingerprint density at radius 3 is 2.20 bits per heavy atom. The molecule has 6 heteroatoms. The van der Waals surface area contributed by atoms with E-state index in [9.17, 15) is 4.79 Å². The van der Waals surface area contributed by atoms with E-state index in [1.165, 1.54) is 5.56 Å². The van der Waals surface area contributed by atoms with Crippen LogP contribution in [0, 0.1) is 6.92 Å². The summed E-state index contributed by atoms with van der Waals surface area (Å²) in [5, 5.41) is 2.83. The highest BCUT2D eigenvalue weighted by Gasteiger charge is 2.52. The number of ether oxygens (including phenoxy) is 1. The summed E-state index contributed by atoms with van der Waals surface area (Å²) in [6, 6.07) is 17.8. The maximum Gasteiger partial charge on any atom is 0.492 e. The van der Waals surface area contributed by atoms with Gasteiger partial charge in [-0.2, -0.15) is 0 Å². The van der Waals surface area contributed by atoms with Crippen molar-refractivity contribution in [3.8, 4) is 0 Å². The number of alkyl carbamates (subject to hydrolysis) is 1. The van der Waals surface area contributed by atoms with Crippen LogP contribution >= 0.6 is 0 Å². The molecule has 0 spiro atoms. The average molecular weight is 407 g/mol. The lowest BCUT2D eigenvalue weighted by Gasteiger charge is -2.32. The van der Waals surface area contributed by atoms with E-state index in [0.29, 0.717) is 0 Å². The molecule has 30 heavy (non-hydrogen) atoms. The SMILES string of the molecule is Cc1ccc(C=C(CNC(=O)OCc2ccccc2)B2OC(C)(C)C(C)(C)O2)cc1. The lowest BCUT2D eigenvalue weighted by atomic mass is 9.77. The minimum Gasteiger partial charge on any atom is -0.445 e. The van der Waals surface area contributed by atoms with Crippen LogP contribution in [0.4, 0.5) is 4.79 Å². The van der Waals surface area contributed by atoms with Gasteiger partial charge in [-0.25, -0.2) is 4.79 Å². The van der Waals surface area contributed by atoms with E-state index in [1.807, 2.05) is 83.2 Å². The van der Waals surface area contributed by atoms with Crippen LogP contribution in [0.15, 0.2) is 60.1 Å². The van der Waals surface area contributed by atoms with Crippen LogP contribution in [0.1, 0.15) is 44.4 Å². The van der Waals surface area contributed by atoms with Crippen LogP contribution in [0.3, 0.4) is 0 Å². The van der Waals surface area contributed by atoms with Crippen LogP contribution < -0.4 is 5.32 Å². The van der Waals surface area contributed by atoms with Crippen molar-refractivity contribution in [1.82, 2.24) is 5.32 Å². The number of rotatable bonds is 6. The van der Waals surface area contributed by atoms with Gasteiger partial charge in [-0.15, -0.1) is 0 Å². The average Bonchev–Trinajstić information content (AvgIpc) is 2.93. The van der Waals surface area contributed by atoms with Crippen molar-refractivity contribution in [3.05, 3.63) is 76.8 Å². The first-order chi connectivity index (χ1) is 14.2. The smallest absolute Gasteiger partial charge is 0.445 e. The van der Waals surface area contributed by atoms with Crippen LogP contribution in [-0.4, -0.2) is 31.0 Å². The zero-order valence-corrected chi connectivity index (χ0v) is 18.4. The molecule has 158 valence electrons. The Labute approximate surface area is 179 Å². The zero-order valence-electron chi connectivity index (χ0n) is 18.4. The molecule has 1 heterocycles. The molecule has 0 atom stereocenters. The van der Waals surface area contributed by atoms with Gasteiger partial charge >= 0.3 is 13.2 Å². The Morgan fingerprint density at radius 1 is 1.00 bits per heavy atom. The third-order valence-electron chi connectivity index (χ3n) is 5.64. The van der Waals surface area contributed by atoms with Gasteiger partial charge in [-0.3, -0.25) is 0 Å². The van der Waals surface area contributed by atoms with Crippen molar-refractivity contribution in [3.63, 3.8) is 0 Å². The summed E-state index contributed by atoms with van der Waals surface area (Å²) in [4.78, 5) is 12.2. The summed E-state index contributed by atoms with van der Waals surface area (Å²) in [6.07, 6.45) is 1.52. The highest BCUT2D eigenvalue weighted by molar-refractivity contribution is 6.56. The summed E-state index contributed by atoms with van der Waals surface area (Å²) in [5.74, 6) is 0. The summed E-state index contributed by atoms with van der Waals surface area (Å²) in [7, 11) is -0.550. The van der Waals surface area contributed by atoms with Gasteiger partial charge in [0.15, 0.2) is 0 Å². The first kappa shape index (κ1) is 22.1. The van der Waals surface area contributed by atoms with Crippen molar-refractivity contribution < 1.29 is 18.8 Å². The molecule has 5 nitrogen and oxygen atoms in total. The van der Waals surface area contributed by atoms with Gasteiger partial charge in [0.1, 0.15) is 6.61 Å². The monoisotopic (exact) mass is 407 g/mol. The fourth-order valence-corrected chi connectivity index (χ4v) is 3.02. The standard InChI is InChI=1S/C24H30BNO4/c1-18-11-13-19(14-12-18)15-21(25-29-23(2,3)24(4,5)30-25)16-26-22(27)28-17-20-9-7-6-8-10-20/h6-15H,16-17H2,1-5H3,(H,26,27). The van der Waals surface area contributed by atoms with Gasteiger partial charge in [0.25, 0.3) is 0 Å². The second-order valence-corrected chi connectivity index (χ2v) is 8.63. The molecule has 0 aromatic heterocycles. The maximum absolute atomic E-state index is 12.2. The van der Waals surface area contributed by atoms with Gasteiger partial charge in [0.05, 0.1) is 11.2 Å². The van der Waals surface area contributed by atoms with Gasteiger partial charge in [0, 0.05) is 6.54 Å². The van der Waals surface area contributed by atoms with Gasteiger partial charge in [-0.1, -0.05) is 66.2 Å². The molecule has 0 bridgehead atoms. The van der Waals surface area contributed by atoms with Crippen molar-refractivity contribution in [2.75, 3.05) is 6.54 Å². The van der Waals surface area contributed by atoms with Crippen LogP contribution in [0.25, 0.3) is 6.08 Å². The number of amides is 1. The third kappa shape index (κ3) is 5.52. The Bertz CT molecular complexity index is 875. The topological polar surface area (TPSA) is 56.8 Å². The highest BCUT2D eigenvalue weighted by Crippen LogP contribution is 2.38. The van der Waals surface area contributed by atoms with Gasteiger partial charge in [-0.05, 0) is 51.2 Å². The number of nitrogens with one attached hydrogen (secondary N) is 1. The normalized spacial score (nSPS) is 17.6. The van der Waals surface area contributed by atoms with Crippen molar-refractivity contribution in [1.29, 1.82) is 0 Å². The third-order valence-corrected chi connectivity index (χ3v) is 5.64. The van der Waals surface area contributed by atoms with Gasteiger partial charge in [0.2, 0.25) is 0 Å². The molecule has 3 rings (SSSR count). The van der Waals surface area contributed by atoms with Gasteiger partial charge < -0.3 is 19.4 Å². The van der Waals surface area contributed by atoms with E-state index in [2.05, 4.69) is 17.4 Å². The molecule has 1 fully saturated rings. The van der Waals surface area contributed by atoms with Crippen molar-refractivity contribution in [2.24, 2.45) is 0 Å². The number of carbonyl (C=O) groups excluding carboxylic acids is 1. The molecule has 0 saturated carbocycles. The molecule has 1 aliphatic rings. The summed E-state index contributed by atoms with van der Waals surface area (Å²) < 4.78 is 17.7. The number of hydrogen-bond donors (Lipinski definition) is 1. The summed E-state index contributed by atoms with van der Waals surface area (Å²) in [5.41, 5.74) is 3.05. The molecule has 0 unspecified atom stereocenters. The maximum atomic E-state index is 12.2. The molecule has 2 aromatic rings. The second kappa shape index (κ2) is 9.06. The lowest BCUT2D eigenvalue weighted by molar-refractivity contribution is 0.00578. The summed E-state index contributed by atoms with van der Waals surface area (Å²) in [6.45, 7) is 10.6. The molecule has 1 N–H and O–H groups in total. The van der Waals surface area contributed by atoms with Crippen molar-refractivity contribution in [2.45, 2.75) is 52.4 Å². The van der Waals surface area contributed by atoms with Crippen molar-refractivity contribution >= 4 is 19.3 Å². The first-order valence-electron chi connectivity index (χ1n) is 10.2. The molecular formula is C24H30BNO4.